The Balaban J connectivity index is 1.64. The Hall–Kier alpha value is -2.43. The molecule has 0 aliphatic carbocycles. The number of carbonyl (C=O) groups excluding carboxylic acids is 1. The number of hydrogen-bond donors (Lipinski definition) is 0. The van der Waals surface area contributed by atoms with Crippen LogP contribution in [0.2, 0.25) is 0 Å². The molecule has 1 aliphatic heterocycles. The number of carbonyl (C=O) groups is 1. The third-order valence-corrected chi connectivity index (χ3v) is 5.83. The fourth-order valence-corrected chi connectivity index (χ4v) is 3.97. The first kappa shape index (κ1) is 21.3. The molecule has 0 atom stereocenters. The monoisotopic (exact) mass is 394 g/mol. The number of amides is 1. The Morgan fingerprint density at radius 1 is 0.966 bits per heavy atom. The fraction of sp³-hybridized carbons (Fsp3) is 0.542. The summed E-state index contributed by atoms with van der Waals surface area (Å²) in [5.74, 6) is 1.96. The topological polar surface area (TPSA) is 49.3 Å². The summed E-state index contributed by atoms with van der Waals surface area (Å²) in [6, 6.07) is 8.22. The number of aromatic nitrogens is 2. The van der Waals surface area contributed by atoms with Crippen molar-refractivity contribution in [3.8, 4) is 0 Å². The van der Waals surface area contributed by atoms with E-state index in [0.29, 0.717) is 0 Å². The standard InChI is InChI=1S/C24H34N4O/c1-5-6-7-9-21-10-12-22(13-11-21)24(29)28-15-8-14-27(16-17-28)23-18(2)19(3)25-20(4)26-23/h10-13H,5-9,14-17H2,1-4H3. The lowest BCUT2D eigenvalue weighted by molar-refractivity contribution is 0.0767. The van der Waals surface area contributed by atoms with E-state index in [1.807, 2.05) is 30.9 Å². The second kappa shape index (κ2) is 9.86. The third-order valence-electron chi connectivity index (χ3n) is 5.83. The number of aryl methyl sites for hydroxylation is 3. The van der Waals surface area contributed by atoms with Gasteiger partial charge in [0, 0.05) is 43.0 Å². The van der Waals surface area contributed by atoms with Gasteiger partial charge in [0.2, 0.25) is 0 Å². The highest BCUT2D eigenvalue weighted by atomic mass is 16.2. The molecule has 2 heterocycles. The molecular weight excluding hydrogens is 360 g/mol. The van der Waals surface area contributed by atoms with Crippen molar-refractivity contribution >= 4 is 11.7 Å². The van der Waals surface area contributed by atoms with Gasteiger partial charge in [0.25, 0.3) is 5.91 Å². The number of nitrogens with zero attached hydrogens (tertiary/aromatic N) is 4. The minimum atomic E-state index is 0.138. The minimum Gasteiger partial charge on any atom is -0.354 e. The van der Waals surface area contributed by atoms with Crippen molar-refractivity contribution in [3.63, 3.8) is 0 Å². The average molecular weight is 395 g/mol. The number of hydrogen-bond acceptors (Lipinski definition) is 4. The normalized spacial score (nSPS) is 14.8. The lowest BCUT2D eigenvalue weighted by Gasteiger charge is -2.25. The largest absolute Gasteiger partial charge is 0.354 e. The lowest BCUT2D eigenvalue weighted by atomic mass is 10.0. The number of rotatable bonds is 6. The maximum absolute atomic E-state index is 13.0. The molecule has 1 aromatic heterocycles. The molecule has 1 aromatic carbocycles. The molecule has 5 nitrogen and oxygen atoms in total. The van der Waals surface area contributed by atoms with Crippen LogP contribution in [0.25, 0.3) is 0 Å². The smallest absolute Gasteiger partial charge is 0.253 e. The van der Waals surface area contributed by atoms with E-state index in [9.17, 15) is 4.79 Å². The van der Waals surface area contributed by atoms with E-state index < -0.39 is 0 Å². The molecule has 0 N–H and O–H groups in total. The molecule has 0 spiro atoms. The molecule has 5 heteroatoms. The zero-order valence-electron chi connectivity index (χ0n) is 18.4. The van der Waals surface area contributed by atoms with Crippen LogP contribution in [0.1, 0.15) is 65.6 Å². The van der Waals surface area contributed by atoms with Crippen molar-refractivity contribution in [2.24, 2.45) is 0 Å². The van der Waals surface area contributed by atoms with Gasteiger partial charge in [-0.15, -0.1) is 0 Å². The van der Waals surface area contributed by atoms with E-state index in [-0.39, 0.29) is 5.91 Å². The van der Waals surface area contributed by atoms with E-state index in [1.54, 1.807) is 0 Å². The number of benzene rings is 1. The van der Waals surface area contributed by atoms with E-state index in [0.717, 1.165) is 67.5 Å². The van der Waals surface area contributed by atoms with E-state index in [2.05, 4.69) is 40.8 Å². The molecule has 0 radical (unpaired) electrons. The molecule has 1 fully saturated rings. The Morgan fingerprint density at radius 2 is 1.72 bits per heavy atom. The zero-order chi connectivity index (χ0) is 20.8. The first-order valence-electron chi connectivity index (χ1n) is 10.9. The van der Waals surface area contributed by atoms with Gasteiger partial charge in [-0.05, 0) is 57.7 Å². The summed E-state index contributed by atoms with van der Waals surface area (Å²) in [5, 5.41) is 0. The van der Waals surface area contributed by atoms with Gasteiger partial charge in [0.05, 0.1) is 0 Å². The SMILES string of the molecule is CCCCCc1ccc(C(=O)N2CCCN(c3nc(C)nc(C)c3C)CC2)cc1. The fourth-order valence-electron chi connectivity index (χ4n) is 3.97. The molecule has 0 unspecified atom stereocenters. The van der Waals surface area contributed by atoms with Crippen LogP contribution >= 0.6 is 0 Å². The Labute approximate surface area is 175 Å². The van der Waals surface area contributed by atoms with Gasteiger partial charge in [-0.3, -0.25) is 4.79 Å². The van der Waals surface area contributed by atoms with Gasteiger partial charge in [-0.2, -0.15) is 0 Å². The highest BCUT2D eigenvalue weighted by Crippen LogP contribution is 2.21. The van der Waals surface area contributed by atoms with Crippen LogP contribution in [0, 0.1) is 20.8 Å². The van der Waals surface area contributed by atoms with Crippen LogP contribution in [0.3, 0.4) is 0 Å². The molecule has 156 valence electrons. The highest BCUT2D eigenvalue weighted by Gasteiger charge is 2.22. The van der Waals surface area contributed by atoms with Gasteiger partial charge in [-0.25, -0.2) is 9.97 Å². The van der Waals surface area contributed by atoms with Gasteiger partial charge < -0.3 is 9.80 Å². The van der Waals surface area contributed by atoms with E-state index in [4.69, 9.17) is 0 Å². The van der Waals surface area contributed by atoms with Crippen LogP contribution < -0.4 is 4.90 Å². The molecule has 0 bridgehead atoms. The molecule has 0 saturated carbocycles. The molecular formula is C24H34N4O. The highest BCUT2D eigenvalue weighted by molar-refractivity contribution is 5.94. The van der Waals surface area contributed by atoms with E-state index in [1.165, 1.54) is 24.8 Å². The molecule has 2 aromatic rings. The summed E-state index contributed by atoms with van der Waals surface area (Å²) in [5.41, 5.74) is 4.28. The lowest BCUT2D eigenvalue weighted by Crippen LogP contribution is -2.35. The summed E-state index contributed by atoms with van der Waals surface area (Å²) >= 11 is 0. The van der Waals surface area contributed by atoms with Crippen LogP contribution in [0.5, 0.6) is 0 Å². The summed E-state index contributed by atoms with van der Waals surface area (Å²) in [6.07, 6.45) is 5.75. The zero-order valence-corrected chi connectivity index (χ0v) is 18.4. The minimum absolute atomic E-state index is 0.138. The Kier molecular flexibility index (Phi) is 7.24. The first-order valence-corrected chi connectivity index (χ1v) is 10.9. The van der Waals surface area contributed by atoms with Gasteiger partial charge >= 0.3 is 0 Å². The van der Waals surface area contributed by atoms with Gasteiger partial charge in [0.1, 0.15) is 11.6 Å². The van der Waals surface area contributed by atoms with Crippen molar-refractivity contribution in [1.29, 1.82) is 0 Å². The maximum Gasteiger partial charge on any atom is 0.253 e. The van der Waals surface area contributed by atoms with Crippen molar-refractivity contribution < 1.29 is 4.79 Å². The summed E-state index contributed by atoms with van der Waals surface area (Å²) in [7, 11) is 0. The van der Waals surface area contributed by atoms with Gasteiger partial charge in [-0.1, -0.05) is 31.9 Å². The van der Waals surface area contributed by atoms with Crippen LogP contribution in [-0.4, -0.2) is 47.0 Å². The predicted octanol–water partition coefficient (Wildman–Crippen LogP) is 4.49. The van der Waals surface area contributed by atoms with Crippen LogP contribution in [0.15, 0.2) is 24.3 Å². The van der Waals surface area contributed by atoms with Crippen molar-refractivity contribution in [2.45, 2.75) is 59.8 Å². The Morgan fingerprint density at radius 3 is 2.45 bits per heavy atom. The second-order valence-corrected chi connectivity index (χ2v) is 8.09. The quantitative estimate of drug-likeness (QED) is 0.678. The summed E-state index contributed by atoms with van der Waals surface area (Å²) in [4.78, 5) is 26.5. The molecule has 1 saturated heterocycles. The predicted molar refractivity (Wildman–Crippen MR) is 119 cm³/mol. The van der Waals surface area contributed by atoms with Crippen molar-refractivity contribution in [2.75, 3.05) is 31.1 Å². The van der Waals surface area contributed by atoms with Crippen molar-refractivity contribution in [3.05, 3.63) is 52.5 Å². The summed E-state index contributed by atoms with van der Waals surface area (Å²) in [6.45, 7) is 11.5. The molecule has 1 aliphatic rings. The number of anilines is 1. The van der Waals surface area contributed by atoms with Gasteiger partial charge in [0.15, 0.2) is 0 Å². The first-order chi connectivity index (χ1) is 14.0. The third kappa shape index (κ3) is 5.34. The molecule has 1 amide bonds. The van der Waals surface area contributed by atoms with E-state index >= 15 is 0 Å². The second-order valence-electron chi connectivity index (χ2n) is 8.09. The molecule has 29 heavy (non-hydrogen) atoms. The molecule has 3 rings (SSSR count). The maximum atomic E-state index is 13.0. The summed E-state index contributed by atoms with van der Waals surface area (Å²) < 4.78 is 0. The van der Waals surface area contributed by atoms with Crippen LogP contribution in [-0.2, 0) is 6.42 Å². The average Bonchev–Trinajstić information content (AvgIpc) is 2.97. The Bertz CT molecular complexity index is 832. The van der Waals surface area contributed by atoms with Crippen molar-refractivity contribution in [1.82, 2.24) is 14.9 Å². The number of unbranched alkanes of at least 4 members (excludes halogenated alkanes) is 2. The van der Waals surface area contributed by atoms with Crippen LogP contribution in [0.4, 0.5) is 5.82 Å².